The predicted octanol–water partition coefficient (Wildman–Crippen LogP) is 2.92. The van der Waals surface area contributed by atoms with Gasteiger partial charge in [-0.25, -0.2) is 4.79 Å². The van der Waals surface area contributed by atoms with Crippen molar-refractivity contribution in [3.8, 4) is 5.75 Å². The lowest BCUT2D eigenvalue weighted by Crippen LogP contribution is -2.39. The Kier molecular flexibility index (Phi) is 4.13. The Balaban J connectivity index is 2.06. The molecule has 4 nitrogen and oxygen atoms in total. The molecule has 1 heterocycles. The van der Waals surface area contributed by atoms with Gasteiger partial charge in [-0.1, -0.05) is 30.4 Å². The third kappa shape index (κ3) is 3.55. The van der Waals surface area contributed by atoms with Crippen molar-refractivity contribution in [2.24, 2.45) is 0 Å². The van der Waals surface area contributed by atoms with E-state index >= 15 is 0 Å². The van der Waals surface area contributed by atoms with Crippen LogP contribution in [0.1, 0.15) is 13.3 Å². The molecule has 1 amide bonds. The first-order valence-electron chi connectivity index (χ1n) is 6.06. The summed E-state index contributed by atoms with van der Waals surface area (Å²) in [6, 6.07) is 8.57. The lowest BCUT2D eigenvalue weighted by atomic mass is 10.1. The smallest absolute Gasteiger partial charge is 0.410 e. The Bertz CT molecular complexity index is 519. The minimum atomic E-state index is -0.488. The third-order valence-electron chi connectivity index (χ3n) is 2.70. The van der Waals surface area contributed by atoms with Crippen molar-refractivity contribution < 1.29 is 14.3 Å². The van der Waals surface area contributed by atoms with Crippen LogP contribution in [0.4, 0.5) is 4.79 Å². The summed E-state index contributed by atoms with van der Waals surface area (Å²) in [7, 11) is 0. The van der Waals surface area contributed by atoms with Crippen molar-refractivity contribution in [3.63, 3.8) is 0 Å². The Morgan fingerprint density at radius 3 is 2.63 bits per heavy atom. The fraction of sp³-hybridized carbons (Fsp3) is 0.200. The second-order valence-electron chi connectivity index (χ2n) is 4.29. The summed E-state index contributed by atoms with van der Waals surface area (Å²) < 4.78 is 5.26. The van der Waals surface area contributed by atoms with Gasteiger partial charge in [0, 0.05) is 12.6 Å². The first kappa shape index (κ1) is 13.1. The first-order chi connectivity index (χ1) is 9.16. The van der Waals surface area contributed by atoms with Gasteiger partial charge < -0.3 is 4.74 Å². The quantitative estimate of drug-likeness (QED) is 0.836. The highest BCUT2D eigenvalue weighted by Crippen LogP contribution is 2.16. The summed E-state index contributed by atoms with van der Waals surface area (Å²) in [4.78, 5) is 24.7. The van der Waals surface area contributed by atoms with E-state index in [2.05, 4.69) is 0 Å². The predicted molar refractivity (Wildman–Crippen MR) is 71.7 cm³/mol. The zero-order chi connectivity index (χ0) is 13.7. The molecule has 0 saturated heterocycles. The summed E-state index contributed by atoms with van der Waals surface area (Å²) in [5.74, 6) is 0.513. The van der Waals surface area contributed by atoms with Crippen LogP contribution in [-0.4, -0.2) is 22.8 Å². The average Bonchev–Trinajstić information content (AvgIpc) is 2.39. The van der Waals surface area contributed by atoms with Crippen LogP contribution in [0.2, 0.25) is 0 Å². The molecule has 1 atom stereocenters. The lowest BCUT2D eigenvalue weighted by molar-refractivity contribution is -0.117. The molecule has 2 rings (SSSR count). The van der Waals surface area contributed by atoms with E-state index < -0.39 is 6.09 Å². The largest absolute Gasteiger partial charge is 0.419 e. The van der Waals surface area contributed by atoms with Gasteiger partial charge in [-0.15, -0.1) is 0 Å². The molecule has 0 fully saturated rings. The van der Waals surface area contributed by atoms with E-state index in [1.54, 1.807) is 36.5 Å². The zero-order valence-electron chi connectivity index (χ0n) is 10.7. The molecule has 1 unspecified atom stereocenters. The van der Waals surface area contributed by atoms with Gasteiger partial charge in [-0.3, -0.25) is 9.69 Å². The molecule has 1 aromatic rings. The minimum Gasteiger partial charge on any atom is -0.410 e. The molecule has 19 heavy (non-hydrogen) atoms. The molecule has 1 aromatic carbocycles. The number of Topliss-reactive ketones (excluding diaryl/α,β-unsaturated/α-hetero) is 1. The number of ketones is 1. The zero-order valence-corrected chi connectivity index (χ0v) is 10.7. The van der Waals surface area contributed by atoms with Crippen LogP contribution in [0, 0.1) is 0 Å². The topological polar surface area (TPSA) is 46.6 Å². The number of amides is 1. The SMILES string of the molecule is CC(=O)CC1C=CC=CN1C(=O)Oc1ccccc1. The summed E-state index contributed by atoms with van der Waals surface area (Å²) in [6.45, 7) is 1.51. The van der Waals surface area contributed by atoms with Gasteiger partial charge >= 0.3 is 6.09 Å². The van der Waals surface area contributed by atoms with E-state index in [-0.39, 0.29) is 18.2 Å². The van der Waals surface area contributed by atoms with Crippen LogP contribution in [0.5, 0.6) is 5.75 Å². The Morgan fingerprint density at radius 2 is 1.95 bits per heavy atom. The van der Waals surface area contributed by atoms with Gasteiger partial charge in [0.25, 0.3) is 0 Å². The number of carbonyl (C=O) groups excluding carboxylic acids is 2. The number of allylic oxidation sites excluding steroid dienone is 2. The maximum atomic E-state index is 12.1. The molecule has 0 radical (unpaired) electrons. The van der Waals surface area contributed by atoms with Crippen LogP contribution >= 0.6 is 0 Å². The highest BCUT2D eigenvalue weighted by Gasteiger charge is 2.24. The van der Waals surface area contributed by atoms with Crippen LogP contribution in [0.3, 0.4) is 0 Å². The maximum Gasteiger partial charge on any atom is 0.419 e. The molecule has 4 heteroatoms. The summed E-state index contributed by atoms with van der Waals surface area (Å²) in [6.07, 6.45) is 6.79. The minimum absolute atomic E-state index is 0.0301. The molecule has 1 aliphatic heterocycles. The number of carbonyl (C=O) groups is 2. The van der Waals surface area contributed by atoms with Crippen LogP contribution < -0.4 is 4.74 Å². The number of benzene rings is 1. The molecule has 0 N–H and O–H groups in total. The van der Waals surface area contributed by atoms with E-state index in [1.165, 1.54) is 11.8 Å². The molecule has 0 aromatic heterocycles. The molecule has 1 aliphatic rings. The van der Waals surface area contributed by atoms with Gasteiger partial charge in [0.15, 0.2) is 0 Å². The van der Waals surface area contributed by atoms with Crippen molar-refractivity contribution in [1.82, 2.24) is 4.90 Å². The maximum absolute atomic E-state index is 12.1. The molecule has 0 bridgehead atoms. The Morgan fingerprint density at radius 1 is 1.21 bits per heavy atom. The second-order valence-corrected chi connectivity index (χ2v) is 4.29. The van der Waals surface area contributed by atoms with E-state index in [9.17, 15) is 9.59 Å². The van der Waals surface area contributed by atoms with E-state index in [0.717, 1.165) is 0 Å². The lowest BCUT2D eigenvalue weighted by Gasteiger charge is -2.26. The highest BCUT2D eigenvalue weighted by atomic mass is 16.6. The van der Waals surface area contributed by atoms with Crippen molar-refractivity contribution in [2.45, 2.75) is 19.4 Å². The van der Waals surface area contributed by atoms with Gasteiger partial charge in [-0.2, -0.15) is 0 Å². The number of rotatable bonds is 3. The Hall–Kier alpha value is -2.36. The molecule has 0 saturated carbocycles. The van der Waals surface area contributed by atoms with E-state index in [4.69, 9.17) is 4.74 Å². The fourth-order valence-corrected chi connectivity index (χ4v) is 1.84. The van der Waals surface area contributed by atoms with Crippen LogP contribution in [-0.2, 0) is 4.79 Å². The van der Waals surface area contributed by atoms with E-state index in [1.807, 2.05) is 18.2 Å². The Labute approximate surface area is 112 Å². The standard InChI is InChI=1S/C15H15NO3/c1-12(17)11-13-7-5-6-10-16(13)15(18)19-14-8-3-2-4-9-14/h2-10,13H,11H2,1H3. The summed E-state index contributed by atoms with van der Waals surface area (Å²) in [5.41, 5.74) is 0. The highest BCUT2D eigenvalue weighted by molar-refractivity contribution is 5.79. The van der Waals surface area contributed by atoms with Gasteiger partial charge in [0.2, 0.25) is 0 Å². The van der Waals surface area contributed by atoms with Gasteiger partial charge in [0.05, 0.1) is 6.04 Å². The van der Waals surface area contributed by atoms with Crippen molar-refractivity contribution in [2.75, 3.05) is 0 Å². The fourth-order valence-electron chi connectivity index (χ4n) is 1.84. The molecule has 98 valence electrons. The molecular weight excluding hydrogens is 242 g/mol. The second kappa shape index (κ2) is 6.00. The van der Waals surface area contributed by atoms with Gasteiger partial charge in [-0.05, 0) is 25.1 Å². The molecule has 0 spiro atoms. The average molecular weight is 257 g/mol. The molecule has 0 aliphatic carbocycles. The number of para-hydroxylation sites is 1. The number of hydrogen-bond acceptors (Lipinski definition) is 3. The van der Waals surface area contributed by atoms with Crippen molar-refractivity contribution >= 4 is 11.9 Å². The first-order valence-corrected chi connectivity index (χ1v) is 6.06. The number of hydrogen-bond donors (Lipinski definition) is 0. The van der Waals surface area contributed by atoms with Crippen LogP contribution in [0.25, 0.3) is 0 Å². The van der Waals surface area contributed by atoms with E-state index in [0.29, 0.717) is 5.75 Å². The monoisotopic (exact) mass is 257 g/mol. The summed E-state index contributed by atoms with van der Waals surface area (Å²) >= 11 is 0. The summed E-state index contributed by atoms with van der Waals surface area (Å²) in [5, 5.41) is 0. The van der Waals surface area contributed by atoms with Crippen LogP contribution in [0.15, 0.2) is 54.8 Å². The van der Waals surface area contributed by atoms with Gasteiger partial charge in [0.1, 0.15) is 11.5 Å². The third-order valence-corrected chi connectivity index (χ3v) is 2.70. The van der Waals surface area contributed by atoms with Crippen molar-refractivity contribution in [3.05, 3.63) is 54.8 Å². The normalized spacial score (nSPS) is 17.3. The molecular formula is C15H15NO3. The number of nitrogens with zero attached hydrogens (tertiary/aromatic N) is 1. The van der Waals surface area contributed by atoms with Crippen molar-refractivity contribution in [1.29, 1.82) is 0 Å². The number of ether oxygens (including phenoxy) is 1.